The van der Waals surface area contributed by atoms with Crippen LogP contribution in [0.4, 0.5) is 4.79 Å². The van der Waals surface area contributed by atoms with E-state index in [0.717, 1.165) is 16.0 Å². The van der Waals surface area contributed by atoms with Gasteiger partial charge in [-0.25, -0.2) is 9.59 Å². The molecule has 16 atom stereocenters. The van der Waals surface area contributed by atoms with Crippen molar-refractivity contribution >= 4 is 41.4 Å². The molecular weight excluding hydrogens is 1080 g/mol. The number of rotatable bonds is 14. The van der Waals surface area contributed by atoms with Crippen molar-refractivity contribution in [2.24, 2.45) is 40.9 Å². The minimum absolute atomic E-state index is 0.0150. The number of hydrogen-bond acceptors (Lipinski definition) is 18. The first kappa shape index (κ1) is 69.4. The van der Waals surface area contributed by atoms with Crippen molar-refractivity contribution in [3.05, 3.63) is 83.5 Å². The molecule has 2 bridgehead atoms. The number of methoxy groups -OCH3 is 4. The summed E-state index contributed by atoms with van der Waals surface area (Å²) in [5, 5.41) is 23.7. The van der Waals surface area contributed by atoms with Crippen molar-refractivity contribution < 1.29 is 86.4 Å². The van der Waals surface area contributed by atoms with Crippen molar-refractivity contribution in [2.75, 3.05) is 48.2 Å². The van der Waals surface area contributed by atoms with Crippen LogP contribution >= 0.6 is 0 Å². The van der Waals surface area contributed by atoms with Crippen molar-refractivity contribution in [1.29, 1.82) is 0 Å². The highest BCUT2D eigenvalue weighted by molar-refractivity contribution is 6.39. The molecule has 3 fully saturated rings. The van der Waals surface area contributed by atoms with Gasteiger partial charge in [-0.3, -0.25) is 24.0 Å². The number of nitrogens with zero attached hydrogens (tertiary/aromatic N) is 1. The predicted molar refractivity (Wildman–Crippen MR) is 312 cm³/mol. The Kier molecular flexibility index (Phi) is 27.2. The minimum atomic E-state index is -2.48. The molecule has 1 amide bonds. The fraction of sp³-hybridized carbons (Fsp3) is 0.677. The summed E-state index contributed by atoms with van der Waals surface area (Å²) in [7, 11) is 5.87. The van der Waals surface area contributed by atoms with E-state index < -0.39 is 113 Å². The molecule has 1 aromatic rings. The van der Waals surface area contributed by atoms with E-state index in [1.165, 1.54) is 21.3 Å². The summed E-state index contributed by atoms with van der Waals surface area (Å²) < 4.78 is 52.1. The molecule has 5 rings (SSSR count). The molecule has 1 aromatic carbocycles. The number of carbonyl (C=O) groups is 7. The molecule has 84 heavy (non-hydrogen) atoms. The number of amides is 1. The van der Waals surface area contributed by atoms with Gasteiger partial charge in [0, 0.05) is 65.6 Å². The number of hydrogen-bond donors (Lipinski definition) is 2. The molecule has 1 aliphatic carbocycles. The zero-order valence-corrected chi connectivity index (χ0v) is 51.6. The molecule has 0 spiro atoms. The van der Waals surface area contributed by atoms with Crippen LogP contribution in [-0.4, -0.2) is 159 Å². The van der Waals surface area contributed by atoms with E-state index in [4.69, 9.17) is 42.6 Å². The van der Waals surface area contributed by atoms with Gasteiger partial charge in [-0.2, -0.15) is 0 Å². The zero-order chi connectivity index (χ0) is 61.9. The second kappa shape index (κ2) is 32.9. The maximum Gasteiger partial charge on any atom is 0.508 e. The number of ketones is 3. The van der Waals surface area contributed by atoms with E-state index in [0.29, 0.717) is 63.4 Å². The lowest BCUT2D eigenvalue weighted by Gasteiger charge is -2.42. The molecule has 1 saturated carbocycles. The number of carbonyl (C=O) groups excluding carboxylic acids is 7. The molecule has 0 aromatic heterocycles. The molecule has 3 aliphatic heterocycles. The maximum absolute atomic E-state index is 14.7. The summed E-state index contributed by atoms with van der Waals surface area (Å²) in [5.74, 6) is -9.43. The van der Waals surface area contributed by atoms with Crippen LogP contribution in [0.5, 0.6) is 0 Å². The normalized spacial score (nSPS) is 34.5. The number of cyclic esters (lactones) is 1. The monoisotopic (exact) mass is 1180 g/mol. The summed E-state index contributed by atoms with van der Waals surface area (Å²) in [5.41, 5.74) is 0.573. The average Bonchev–Trinajstić information content (AvgIpc) is 3.50. The van der Waals surface area contributed by atoms with E-state index in [1.54, 1.807) is 59.9 Å². The second-order valence-corrected chi connectivity index (χ2v) is 24.3. The molecule has 19 nitrogen and oxygen atoms in total. The largest absolute Gasteiger partial charge is 0.508 e. The number of allylic oxidation sites excluding steroid dienone is 6. The lowest BCUT2D eigenvalue weighted by Crippen LogP contribution is -2.61. The molecule has 4 aliphatic rings. The smallest absolute Gasteiger partial charge is 0.460 e. The Balaban J connectivity index is 1.39. The summed E-state index contributed by atoms with van der Waals surface area (Å²) >= 11 is 0. The average molecular weight is 1180 g/mol. The predicted octanol–water partition coefficient (Wildman–Crippen LogP) is 8.74. The van der Waals surface area contributed by atoms with Gasteiger partial charge in [0.2, 0.25) is 5.79 Å². The van der Waals surface area contributed by atoms with Gasteiger partial charge < -0.3 is 57.7 Å². The fourth-order valence-corrected chi connectivity index (χ4v) is 12.0. The molecule has 0 radical (unpaired) electrons. The third-order valence-electron chi connectivity index (χ3n) is 17.4. The zero-order valence-electron chi connectivity index (χ0n) is 51.6. The summed E-state index contributed by atoms with van der Waals surface area (Å²) in [6.45, 7) is 13.6. The first-order valence-corrected chi connectivity index (χ1v) is 29.9. The summed E-state index contributed by atoms with van der Waals surface area (Å²) in [6.07, 6.45) is 8.52. The Labute approximate surface area is 497 Å². The number of Topliss-reactive ketones (excluding diaryl/α,β-unsaturated/α-hetero) is 3. The number of piperidine rings is 1. The molecule has 2 unspecified atom stereocenters. The number of esters is 2. The summed E-state index contributed by atoms with van der Waals surface area (Å²) in [6, 6.07) is 7.86. The molecular formula is C65H95NO18. The van der Waals surface area contributed by atoms with Gasteiger partial charge in [-0.1, -0.05) is 101 Å². The Hall–Kier alpha value is -5.41. The highest BCUT2D eigenvalue weighted by Crippen LogP contribution is 2.39. The van der Waals surface area contributed by atoms with Crippen LogP contribution in [0, 0.1) is 40.9 Å². The SMILES string of the molecule is COCC(C)(COC(=O)OCc1ccccc1)C(=O)O[C@@H]1CCC(C[C@@H](C)[C@@H]2CC(=O)[C@H](C)/C=C(\C)[C@@H](O)[C@@H](OC)C(=O)[C@H](C)C[C@H](C)/C=C/C=C/C=C(\C)[C@@H](OC)C[C@@H]3CC[C@@H](C)[C@@](O)(O3)C(=O)C(=O)N3CCCC[C@H]3C(=O)O2)C[C@H]1OC. The van der Waals surface area contributed by atoms with Crippen LogP contribution in [0.15, 0.2) is 77.9 Å². The van der Waals surface area contributed by atoms with Gasteiger partial charge in [0.15, 0.2) is 5.78 Å². The van der Waals surface area contributed by atoms with Gasteiger partial charge >= 0.3 is 18.1 Å². The van der Waals surface area contributed by atoms with Crippen LogP contribution in [0.25, 0.3) is 0 Å². The van der Waals surface area contributed by atoms with Gasteiger partial charge in [-0.05, 0) is 119 Å². The standard InChI is InChI=1S/C65H95NO18/c1-40-21-15-13-16-22-41(2)53(77-10)35-49-28-26-46(7)65(75,84-49)59(70)60(71)66-30-20-19-25-50(66)61(72)82-54(36-51(67)42(3)32-45(6)57(69)58(79-12)56(68)44(5)31-40)43(4)33-48-27-29-52(55(34-48)78-11)83-62(73)64(8,38-76-9)39-81-63(74)80-37-47-23-17-14-18-24-47/h13-18,21-24,32,40,42-44,46,48-50,52-55,57-58,69,75H,19-20,25-31,33-39H2,1-12H3/b16-13+,21-15+,41-22+,45-32+/t40-,42-,43-,44-,46-,48?,49+,50+,52-,53+,54+,55-,57-,58+,64?,65-/m1/s1. The number of ether oxygens (including phenoxy) is 9. The van der Waals surface area contributed by atoms with Gasteiger partial charge in [-0.15, -0.1) is 0 Å². The first-order chi connectivity index (χ1) is 39.9. The third-order valence-corrected chi connectivity index (χ3v) is 17.4. The van der Waals surface area contributed by atoms with Crippen molar-refractivity contribution in [1.82, 2.24) is 4.90 Å². The number of fused-ring (bicyclic) bond motifs is 3. The first-order valence-electron chi connectivity index (χ1n) is 29.9. The topological polar surface area (TPSA) is 246 Å². The highest BCUT2D eigenvalue weighted by atomic mass is 16.7. The Morgan fingerprint density at radius 2 is 1.55 bits per heavy atom. The van der Waals surface area contributed by atoms with Gasteiger partial charge in [0.05, 0.1) is 24.9 Å². The van der Waals surface area contributed by atoms with Crippen molar-refractivity contribution in [2.45, 2.75) is 194 Å². The van der Waals surface area contributed by atoms with Crippen LogP contribution < -0.4 is 0 Å². The van der Waals surface area contributed by atoms with E-state index >= 15 is 0 Å². The minimum Gasteiger partial charge on any atom is -0.460 e. The molecule has 3 heterocycles. The van der Waals surface area contributed by atoms with Crippen LogP contribution in [0.2, 0.25) is 0 Å². The lowest BCUT2D eigenvalue weighted by molar-refractivity contribution is -0.265. The van der Waals surface area contributed by atoms with Crippen LogP contribution in [0.3, 0.4) is 0 Å². The van der Waals surface area contributed by atoms with E-state index in [-0.39, 0.29) is 69.0 Å². The number of benzene rings is 1. The van der Waals surface area contributed by atoms with E-state index in [1.807, 2.05) is 69.4 Å². The molecule has 2 saturated heterocycles. The van der Waals surface area contributed by atoms with E-state index in [9.17, 15) is 43.8 Å². The van der Waals surface area contributed by atoms with Gasteiger partial charge in [0.1, 0.15) is 54.9 Å². The molecule has 468 valence electrons. The van der Waals surface area contributed by atoms with Crippen LogP contribution in [-0.2, 0) is 78.0 Å². The lowest BCUT2D eigenvalue weighted by atomic mass is 9.78. The quantitative estimate of drug-likeness (QED) is 0.0765. The molecule has 2 N–H and O–H groups in total. The van der Waals surface area contributed by atoms with Gasteiger partial charge in [0.25, 0.3) is 11.7 Å². The second-order valence-electron chi connectivity index (χ2n) is 24.3. The van der Waals surface area contributed by atoms with Crippen molar-refractivity contribution in [3.8, 4) is 0 Å². The third kappa shape index (κ3) is 19.0. The van der Waals surface area contributed by atoms with E-state index in [2.05, 4.69) is 0 Å². The number of aliphatic hydroxyl groups excluding tert-OH is 1. The molecule has 19 heteroatoms. The fourth-order valence-electron chi connectivity index (χ4n) is 12.0. The maximum atomic E-state index is 14.7. The highest BCUT2D eigenvalue weighted by Gasteiger charge is 2.53. The van der Waals surface area contributed by atoms with Crippen molar-refractivity contribution in [3.63, 3.8) is 0 Å². The Bertz CT molecular complexity index is 2490. The number of aliphatic hydroxyl groups is 2. The Morgan fingerprint density at radius 3 is 2.23 bits per heavy atom. The van der Waals surface area contributed by atoms with Crippen LogP contribution in [0.1, 0.15) is 138 Å². The summed E-state index contributed by atoms with van der Waals surface area (Å²) in [4.78, 5) is 99.6. The Morgan fingerprint density at radius 1 is 0.821 bits per heavy atom.